The summed E-state index contributed by atoms with van der Waals surface area (Å²) in [5, 5.41) is 9.49. The van der Waals surface area contributed by atoms with Gasteiger partial charge < -0.3 is 14.9 Å². The second kappa shape index (κ2) is 7.19. The highest BCUT2D eigenvalue weighted by Crippen LogP contribution is 2.30. The summed E-state index contributed by atoms with van der Waals surface area (Å²) in [5.74, 6) is -2.48. The van der Waals surface area contributed by atoms with E-state index in [2.05, 4.69) is 0 Å². The van der Waals surface area contributed by atoms with E-state index < -0.39 is 11.9 Å². The second-order valence-electron chi connectivity index (χ2n) is 5.36. The molecule has 0 spiro atoms. The zero-order chi connectivity index (χ0) is 17.1. The molecule has 8 heteroatoms. The Morgan fingerprint density at radius 1 is 1.30 bits per heavy atom. The molecule has 2 amide bonds. The Morgan fingerprint density at radius 3 is 2.48 bits per heavy atom. The van der Waals surface area contributed by atoms with Crippen LogP contribution >= 0.6 is 23.2 Å². The van der Waals surface area contributed by atoms with E-state index in [4.69, 9.17) is 28.3 Å². The summed E-state index contributed by atoms with van der Waals surface area (Å²) in [6.45, 7) is 0.458. The summed E-state index contributed by atoms with van der Waals surface area (Å²) in [4.78, 5) is 38.1. The monoisotopic (exact) mass is 358 g/mol. The molecule has 1 fully saturated rings. The Hall–Kier alpha value is -1.79. The Morgan fingerprint density at radius 2 is 1.91 bits per heavy atom. The third-order valence-corrected chi connectivity index (χ3v) is 4.14. The molecule has 1 heterocycles. The fourth-order valence-electron chi connectivity index (χ4n) is 2.50. The van der Waals surface area contributed by atoms with Crippen LogP contribution in [0.5, 0.6) is 0 Å². The van der Waals surface area contributed by atoms with Crippen molar-refractivity contribution in [3.8, 4) is 0 Å². The summed E-state index contributed by atoms with van der Waals surface area (Å²) < 4.78 is 0. The Balaban J connectivity index is 2.09. The van der Waals surface area contributed by atoms with Crippen LogP contribution < -0.4 is 4.90 Å². The van der Waals surface area contributed by atoms with E-state index >= 15 is 0 Å². The lowest BCUT2D eigenvalue weighted by Crippen LogP contribution is -2.39. The molecule has 124 valence electrons. The van der Waals surface area contributed by atoms with Crippen molar-refractivity contribution in [2.75, 3.05) is 25.0 Å². The molecule has 2 rings (SSSR count). The van der Waals surface area contributed by atoms with Crippen molar-refractivity contribution < 1.29 is 19.5 Å². The largest absolute Gasteiger partial charge is 0.481 e. The predicted molar refractivity (Wildman–Crippen MR) is 86.8 cm³/mol. The third kappa shape index (κ3) is 4.14. The summed E-state index contributed by atoms with van der Waals surface area (Å²) in [6.07, 6.45) is 0.218. The van der Waals surface area contributed by atoms with Gasteiger partial charge in [0.15, 0.2) is 0 Å². The molecule has 1 aliphatic rings. The average molecular weight is 359 g/mol. The van der Waals surface area contributed by atoms with Crippen molar-refractivity contribution in [1.29, 1.82) is 0 Å². The average Bonchev–Trinajstić information content (AvgIpc) is 2.84. The van der Waals surface area contributed by atoms with E-state index in [1.807, 2.05) is 0 Å². The van der Waals surface area contributed by atoms with E-state index in [0.717, 1.165) is 0 Å². The lowest BCUT2D eigenvalue weighted by Gasteiger charge is -2.21. The van der Waals surface area contributed by atoms with E-state index in [0.29, 0.717) is 28.7 Å². The number of anilines is 1. The number of hydrogen-bond donors (Lipinski definition) is 1. The molecule has 0 aromatic heterocycles. The quantitative estimate of drug-likeness (QED) is 0.819. The van der Waals surface area contributed by atoms with Crippen LogP contribution in [0.2, 0.25) is 10.0 Å². The summed E-state index contributed by atoms with van der Waals surface area (Å²) in [7, 11) is 1.50. The first kappa shape index (κ1) is 17.6. The molecule has 1 aromatic carbocycles. The number of carboxylic acid groups (broad SMARTS) is 1. The zero-order valence-electron chi connectivity index (χ0n) is 12.5. The smallest absolute Gasteiger partial charge is 0.305 e. The Kier molecular flexibility index (Phi) is 5.49. The van der Waals surface area contributed by atoms with Crippen LogP contribution in [-0.4, -0.2) is 47.9 Å². The molecule has 0 bridgehead atoms. The Labute approximate surface area is 143 Å². The minimum absolute atomic E-state index is 0.0704. The van der Waals surface area contributed by atoms with Gasteiger partial charge in [-0.3, -0.25) is 14.4 Å². The molecule has 1 N–H and O–H groups in total. The third-order valence-electron chi connectivity index (χ3n) is 3.70. The van der Waals surface area contributed by atoms with Crippen LogP contribution in [0.3, 0.4) is 0 Å². The van der Waals surface area contributed by atoms with E-state index in [1.165, 1.54) is 16.8 Å². The minimum atomic E-state index is -0.988. The van der Waals surface area contributed by atoms with Crippen LogP contribution in [-0.2, 0) is 14.4 Å². The highest BCUT2D eigenvalue weighted by molar-refractivity contribution is 6.35. The van der Waals surface area contributed by atoms with Crippen LogP contribution in [0, 0.1) is 5.92 Å². The van der Waals surface area contributed by atoms with Gasteiger partial charge in [-0.1, -0.05) is 23.2 Å². The van der Waals surface area contributed by atoms with Gasteiger partial charge >= 0.3 is 5.97 Å². The van der Waals surface area contributed by atoms with Crippen molar-refractivity contribution in [2.45, 2.75) is 12.8 Å². The second-order valence-corrected chi connectivity index (χ2v) is 6.24. The molecule has 1 aromatic rings. The molecule has 0 saturated carbocycles. The number of aliphatic carboxylic acids is 1. The number of nitrogens with zero attached hydrogens (tertiary/aromatic N) is 2. The number of carbonyl (C=O) groups is 3. The lowest BCUT2D eigenvalue weighted by molar-refractivity contribution is -0.140. The van der Waals surface area contributed by atoms with Gasteiger partial charge in [-0.25, -0.2) is 0 Å². The van der Waals surface area contributed by atoms with Crippen LogP contribution in [0.15, 0.2) is 18.2 Å². The van der Waals surface area contributed by atoms with Gasteiger partial charge in [-0.2, -0.15) is 0 Å². The van der Waals surface area contributed by atoms with Gasteiger partial charge in [0.05, 0.1) is 6.42 Å². The number of hydrogen-bond acceptors (Lipinski definition) is 3. The molecule has 1 atom stereocenters. The molecular weight excluding hydrogens is 343 g/mol. The predicted octanol–water partition coefficient (Wildman–Crippen LogP) is 2.28. The fourth-order valence-corrected chi connectivity index (χ4v) is 3.01. The van der Waals surface area contributed by atoms with Gasteiger partial charge in [0, 0.05) is 35.9 Å². The first-order valence-corrected chi connectivity index (χ1v) is 7.79. The van der Waals surface area contributed by atoms with Gasteiger partial charge in [0.2, 0.25) is 11.8 Å². The van der Waals surface area contributed by atoms with Gasteiger partial charge in [-0.15, -0.1) is 0 Å². The molecule has 6 nitrogen and oxygen atoms in total. The topological polar surface area (TPSA) is 77.9 Å². The maximum atomic E-state index is 12.5. The molecule has 1 unspecified atom stereocenters. The first-order valence-electron chi connectivity index (χ1n) is 7.04. The van der Waals surface area contributed by atoms with E-state index in [1.54, 1.807) is 18.2 Å². The highest BCUT2D eigenvalue weighted by Gasteiger charge is 2.39. The summed E-state index contributed by atoms with van der Waals surface area (Å²) >= 11 is 11.9. The molecule has 0 aliphatic carbocycles. The molecular formula is C15H16Cl2N2O4. The van der Waals surface area contributed by atoms with Gasteiger partial charge in [0.1, 0.15) is 5.92 Å². The van der Waals surface area contributed by atoms with Crippen LogP contribution in [0.4, 0.5) is 5.69 Å². The molecule has 1 saturated heterocycles. The normalized spacial score (nSPS) is 17.4. The number of carboxylic acids is 1. The van der Waals surface area contributed by atoms with Crippen LogP contribution in [0.1, 0.15) is 12.8 Å². The number of halogens is 2. The molecule has 0 radical (unpaired) electrons. The van der Waals surface area contributed by atoms with Crippen molar-refractivity contribution in [2.24, 2.45) is 5.92 Å². The van der Waals surface area contributed by atoms with Crippen molar-refractivity contribution in [1.82, 2.24) is 4.90 Å². The fraction of sp³-hybridized carbons (Fsp3) is 0.400. The maximum Gasteiger partial charge on any atom is 0.305 e. The zero-order valence-corrected chi connectivity index (χ0v) is 14.0. The van der Waals surface area contributed by atoms with E-state index in [-0.39, 0.29) is 24.8 Å². The number of amides is 2. The molecule has 1 aliphatic heterocycles. The van der Waals surface area contributed by atoms with Gasteiger partial charge in [-0.05, 0) is 24.6 Å². The van der Waals surface area contributed by atoms with Crippen molar-refractivity contribution in [3.63, 3.8) is 0 Å². The van der Waals surface area contributed by atoms with Gasteiger partial charge in [0.25, 0.3) is 0 Å². The number of benzene rings is 1. The van der Waals surface area contributed by atoms with Crippen molar-refractivity contribution >= 4 is 46.7 Å². The van der Waals surface area contributed by atoms with Crippen LogP contribution in [0.25, 0.3) is 0 Å². The first-order chi connectivity index (χ1) is 10.8. The lowest BCUT2D eigenvalue weighted by atomic mass is 10.1. The van der Waals surface area contributed by atoms with Crippen molar-refractivity contribution in [3.05, 3.63) is 28.2 Å². The summed E-state index contributed by atoms with van der Waals surface area (Å²) in [6, 6.07) is 4.80. The number of rotatable bonds is 5. The highest BCUT2D eigenvalue weighted by atomic mass is 35.5. The summed E-state index contributed by atoms with van der Waals surface area (Å²) in [5.41, 5.74) is 0.552. The SMILES string of the molecule is CN(CCC(=O)O)C(=O)C1CCN(c2cc(Cl)cc(Cl)c2)C1=O. The Bertz CT molecular complexity index is 630. The molecule has 23 heavy (non-hydrogen) atoms. The van der Waals surface area contributed by atoms with E-state index in [9.17, 15) is 14.4 Å². The minimum Gasteiger partial charge on any atom is -0.481 e. The number of carbonyl (C=O) groups excluding carboxylic acids is 2. The maximum absolute atomic E-state index is 12.5. The standard InChI is InChI=1S/C15H16Cl2N2O4/c1-18(4-3-13(20)21)14(22)12-2-5-19(15(12)23)11-7-9(16)6-10(17)8-11/h6-8,12H,2-5H2,1H3,(H,20,21).